The van der Waals surface area contributed by atoms with E-state index in [0.29, 0.717) is 16.9 Å². The summed E-state index contributed by atoms with van der Waals surface area (Å²) in [6.07, 6.45) is 0.218. The Kier molecular flexibility index (Phi) is 5.71. The van der Waals surface area contributed by atoms with Gasteiger partial charge in [-0.25, -0.2) is 4.79 Å². The van der Waals surface area contributed by atoms with Gasteiger partial charge in [0, 0.05) is 6.54 Å². The second kappa shape index (κ2) is 8.18. The fourth-order valence-electron chi connectivity index (χ4n) is 2.77. The Morgan fingerprint density at radius 2 is 1.85 bits per heavy atom. The van der Waals surface area contributed by atoms with Crippen LogP contribution in [0.1, 0.15) is 22.8 Å². The van der Waals surface area contributed by atoms with E-state index in [4.69, 9.17) is 9.47 Å². The van der Waals surface area contributed by atoms with Gasteiger partial charge >= 0.3 is 5.97 Å². The second-order valence-corrected chi connectivity index (χ2v) is 6.84. The van der Waals surface area contributed by atoms with E-state index in [0.717, 1.165) is 21.5 Å². The molecule has 0 saturated carbocycles. The molecule has 0 saturated heterocycles. The highest BCUT2D eigenvalue weighted by molar-refractivity contribution is 7.16. The predicted molar refractivity (Wildman–Crippen MR) is 104 cm³/mol. The van der Waals surface area contributed by atoms with Crippen LogP contribution >= 0.6 is 11.3 Å². The molecule has 140 valence electrons. The van der Waals surface area contributed by atoms with Crippen LogP contribution in [0.2, 0.25) is 0 Å². The maximum absolute atomic E-state index is 12.4. The molecule has 7 heteroatoms. The Bertz CT molecular complexity index is 1050. The number of ether oxygens (including phenoxy) is 2. The number of thiazole rings is 1. The van der Waals surface area contributed by atoms with E-state index < -0.39 is 0 Å². The van der Waals surface area contributed by atoms with Gasteiger partial charge < -0.3 is 14.0 Å². The first kappa shape index (κ1) is 18.8. The molecule has 0 aliphatic carbocycles. The summed E-state index contributed by atoms with van der Waals surface area (Å²) < 4.78 is 12.7. The number of aryl methyl sites for hydroxylation is 1. The van der Waals surface area contributed by atoms with Crippen molar-refractivity contribution in [3.8, 4) is 5.75 Å². The molecular formula is C20H20N2O4S. The van der Waals surface area contributed by atoms with Crippen LogP contribution in [-0.4, -0.2) is 30.7 Å². The van der Waals surface area contributed by atoms with Crippen molar-refractivity contribution in [3.63, 3.8) is 0 Å². The van der Waals surface area contributed by atoms with Crippen molar-refractivity contribution >= 4 is 33.4 Å². The minimum Gasteiger partial charge on any atom is -0.497 e. The summed E-state index contributed by atoms with van der Waals surface area (Å²) in [5, 5.41) is 0. The van der Waals surface area contributed by atoms with Crippen molar-refractivity contribution < 1.29 is 19.1 Å². The Labute approximate surface area is 160 Å². The molecule has 6 nitrogen and oxygen atoms in total. The number of benzene rings is 2. The molecule has 0 fully saturated rings. The molecule has 27 heavy (non-hydrogen) atoms. The van der Waals surface area contributed by atoms with Crippen molar-refractivity contribution in [2.45, 2.75) is 19.9 Å². The van der Waals surface area contributed by atoms with Crippen molar-refractivity contribution in [2.24, 2.45) is 4.99 Å². The first-order valence-electron chi connectivity index (χ1n) is 8.48. The number of carbonyl (C=O) groups is 2. The number of amides is 1. The van der Waals surface area contributed by atoms with Crippen molar-refractivity contribution in [1.82, 2.24) is 4.57 Å². The highest BCUT2D eigenvalue weighted by Gasteiger charge is 2.11. The van der Waals surface area contributed by atoms with E-state index in [9.17, 15) is 9.59 Å². The molecule has 1 heterocycles. The van der Waals surface area contributed by atoms with Gasteiger partial charge in [-0.3, -0.25) is 4.79 Å². The number of methoxy groups -OCH3 is 2. The smallest absolute Gasteiger partial charge is 0.337 e. The van der Waals surface area contributed by atoms with Gasteiger partial charge in [-0.05, 0) is 42.8 Å². The van der Waals surface area contributed by atoms with Gasteiger partial charge in [0.25, 0.3) is 5.91 Å². The van der Waals surface area contributed by atoms with Crippen LogP contribution in [0, 0.1) is 0 Å². The van der Waals surface area contributed by atoms with Gasteiger partial charge in [0.15, 0.2) is 4.80 Å². The number of fused-ring (bicyclic) bond motifs is 1. The third-order valence-corrected chi connectivity index (χ3v) is 5.20. The van der Waals surface area contributed by atoms with Crippen LogP contribution in [0.4, 0.5) is 0 Å². The van der Waals surface area contributed by atoms with Crippen LogP contribution in [0.25, 0.3) is 10.2 Å². The molecule has 0 unspecified atom stereocenters. The van der Waals surface area contributed by atoms with Crippen LogP contribution in [0.3, 0.4) is 0 Å². The van der Waals surface area contributed by atoms with Gasteiger partial charge in [0.1, 0.15) is 5.75 Å². The average molecular weight is 384 g/mol. The average Bonchev–Trinajstić information content (AvgIpc) is 3.03. The zero-order valence-electron chi connectivity index (χ0n) is 15.4. The maximum Gasteiger partial charge on any atom is 0.337 e. The minimum absolute atomic E-state index is 0.218. The van der Waals surface area contributed by atoms with Crippen LogP contribution in [-0.2, 0) is 22.5 Å². The monoisotopic (exact) mass is 384 g/mol. The number of rotatable bonds is 5. The third kappa shape index (κ3) is 4.09. The van der Waals surface area contributed by atoms with Gasteiger partial charge in [-0.15, -0.1) is 0 Å². The topological polar surface area (TPSA) is 69.9 Å². The van der Waals surface area contributed by atoms with E-state index in [2.05, 4.69) is 4.99 Å². The fraction of sp³-hybridized carbons (Fsp3) is 0.250. The summed E-state index contributed by atoms with van der Waals surface area (Å²) >= 11 is 1.38. The quantitative estimate of drug-likeness (QED) is 0.634. The third-order valence-electron chi connectivity index (χ3n) is 4.15. The van der Waals surface area contributed by atoms with Crippen LogP contribution < -0.4 is 9.54 Å². The molecule has 2 aromatic carbocycles. The number of esters is 1. The van der Waals surface area contributed by atoms with E-state index in [-0.39, 0.29) is 18.3 Å². The lowest BCUT2D eigenvalue weighted by Gasteiger charge is -2.02. The first-order valence-corrected chi connectivity index (χ1v) is 9.29. The molecule has 0 N–H and O–H groups in total. The molecule has 0 spiro atoms. The standard InChI is InChI=1S/C20H20N2O4S/c1-4-22-16-10-7-14(19(24)26-3)12-17(16)27-20(22)21-18(23)11-13-5-8-15(25-2)9-6-13/h5-10,12H,4,11H2,1-3H3. The minimum atomic E-state index is -0.387. The first-order chi connectivity index (χ1) is 13.0. The summed E-state index contributed by atoms with van der Waals surface area (Å²) in [6, 6.07) is 12.7. The largest absolute Gasteiger partial charge is 0.497 e. The van der Waals surface area contributed by atoms with Crippen molar-refractivity contribution in [2.75, 3.05) is 14.2 Å². The molecule has 3 aromatic rings. The zero-order chi connectivity index (χ0) is 19.4. The summed E-state index contributed by atoms with van der Waals surface area (Å²) in [4.78, 5) is 29.1. The zero-order valence-corrected chi connectivity index (χ0v) is 16.2. The SMILES string of the molecule is CCn1c(=NC(=O)Cc2ccc(OC)cc2)sc2cc(C(=O)OC)ccc21. The molecule has 0 radical (unpaired) electrons. The molecule has 0 aliphatic heterocycles. The summed E-state index contributed by atoms with van der Waals surface area (Å²) in [6.45, 7) is 2.67. The van der Waals surface area contributed by atoms with Gasteiger partial charge in [0.05, 0.1) is 36.4 Å². The lowest BCUT2D eigenvalue weighted by atomic mass is 10.1. The van der Waals surface area contributed by atoms with E-state index in [1.165, 1.54) is 18.4 Å². The molecule has 1 amide bonds. The Morgan fingerprint density at radius 3 is 2.48 bits per heavy atom. The van der Waals surface area contributed by atoms with E-state index in [1.807, 2.05) is 41.8 Å². The molecule has 0 bridgehead atoms. The summed E-state index contributed by atoms with van der Waals surface area (Å²) in [5.74, 6) is 0.141. The van der Waals surface area contributed by atoms with Gasteiger partial charge in [-0.1, -0.05) is 23.5 Å². The summed E-state index contributed by atoms with van der Waals surface area (Å²) in [7, 11) is 2.96. The number of hydrogen-bond acceptors (Lipinski definition) is 5. The fourth-order valence-corrected chi connectivity index (χ4v) is 3.92. The van der Waals surface area contributed by atoms with E-state index in [1.54, 1.807) is 19.2 Å². The second-order valence-electron chi connectivity index (χ2n) is 5.83. The van der Waals surface area contributed by atoms with Gasteiger partial charge in [0.2, 0.25) is 0 Å². The normalized spacial score (nSPS) is 11.6. The Morgan fingerprint density at radius 1 is 1.11 bits per heavy atom. The molecule has 0 atom stereocenters. The van der Waals surface area contributed by atoms with Crippen LogP contribution in [0.5, 0.6) is 5.75 Å². The van der Waals surface area contributed by atoms with Crippen LogP contribution in [0.15, 0.2) is 47.5 Å². The molecule has 3 rings (SSSR count). The molecule has 1 aromatic heterocycles. The highest BCUT2D eigenvalue weighted by Crippen LogP contribution is 2.20. The maximum atomic E-state index is 12.4. The Balaban J connectivity index is 1.93. The van der Waals surface area contributed by atoms with Gasteiger partial charge in [-0.2, -0.15) is 4.99 Å². The lowest BCUT2D eigenvalue weighted by Crippen LogP contribution is -2.16. The van der Waals surface area contributed by atoms with Crippen molar-refractivity contribution in [1.29, 1.82) is 0 Å². The van der Waals surface area contributed by atoms with Crippen molar-refractivity contribution in [3.05, 3.63) is 58.4 Å². The summed E-state index contributed by atoms with van der Waals surface area (Å²) in [5.41, 5.74) is 2.29. The van der Waals surface area contributed by atoms with E-state index >= 15 is 0 Å². The number of carbonyl (C=O) groups excluding carboxylic acids is 2. The Hall–Kier alpha value is -2.93. The molecule has 0 aliphatic rings. The number of nitrogens with zero attached hydrogens (tertiary/aromatic N) is 2. The predicted octanol–water partition coefficient (Wildman–Crippen LogP) is 3.19. The number of hydrogen-bond donors (Lipinski definition) is 0. The highest BCUT2D eigenvalue weighted by atomic mass is 32.1. The number of aromatic nitrogens is 1. The molecular weight excluding hydrogens is 364 g/mol. The lowest BCUT2D eigenvalue weighted by molar-refractivity contribution is -0.117.